The van der Waals surface area contributed by atoms with Crippen molar-refractivity contribution in [3.63, 3.8) is 0 Å². The van der Waals surface area contributed by atoms with Crippen LogP contribution in [0, 0.1) is 19.1 Å². The number of rotatable bonds is 2. The van der Waals surface area contributed by atoms with E-state index in [1.807, 2.05) is 86.0 Å². The van der Waals surface area contributed by atoms with Crippen LogP contribution in [0.2, 0.25) is 0 Å². The number of hydrogen-bond acceptors (Lipinski definition) is 4. The summed E-state index contributed by atoms with van der Waals surface area (Å²) in [6, 6.07) is 34.3. The summed E-state index contributed by atoms with van der Waals surface area (Å²) in [6.07, 6.45) is 7.31. The van der Waals surface area contributed by atoms with E-state index in [1.54, 1.807) is 12.4 Å². The molecule has 4 nitrogen and oxygen atoms in total. The van der Waals surface area contributed by atoms with Gasteiger partial charge in [0.05, 0.1) is 5.58 Å². The molecule has 181 valence electrons. The first-order valence-corrected chi connectivity index (χ1v) is 11.7. The first kappa shape index (κ1) is 24.5. The molecule has 1 radical (unpaired) electrons. The minimum absolute atomic E-state index is 0. The predicted octanol–water partition coefficient (Wildman–Crippen LogP) is 7.85. The normalized spacial score (nSPS) is 10.6. The third kappa shape index (κ3) is 4.92. The first-order valence-electron chi connectivity index (χ1n) is 11.7. The van der Waals surface area contributed by atoms with Crippen LogP contribution in [0.5, 0.6) is 0 Å². The van der Waals surface area contributed by atoms with Crippen LogP contribution in [0.4, 0.5) is 0 Å². The molecular weight excluding hydrogens is 635 g/mol. The summed E-state index contributed by atoms with van der Waals surface area (Å²) >= 11 is 0. The first-order chi connectivity index (χ1) is 17.8. The summed E-state index contributed by atoms with van der Waals surface area (Å²) in [6.45, 7) is 2.03. The maximum Gasteiger partial charge on any atom is 0.128 e. The molecule has 5 heteroatoms. The van der Waals surface area contributed by atoms with Crippen LogP contribution in [0.25, 0.3) is 55.2 Å². The van der Waals surface area contributed by atoms with Crippen LogP contribution in [-0.2, 0) is 20.1 Å². The molecule has 0 bridgehead atoms. The molecule has 37 heavy (non-hydrogen) atoms. The molecule has 0 aliphatic heterocycles. The summed E-state index contributed by atoms with van der Waals surface area (Å²) < 4.78 is 6.28. The van der Waals surface area contributed by atoms with Crippen molar-refractivity contribution in [2.24, 2.45) is 0 Å². The van der Waals surface area contributed by atoms with Gasteiger partial charge < -0.3 is 14.4 Å². The molecule has 7 rings (SSSR count). The largest absolute Gasteiger partial charge is 0.500 e. The summed E-state index contributed by atoms with van der Waals surface area (Å²) in [7, 11) is 0. The van der Waals surface area contributed by atoms with Crippen LogP contribution >= 0.6 is 0 Å². The van der Waals surface area contributed by atoms with Gasteiger partial charge in [0.1, 0.15) is 5.58 Å². The third-order valence-corrected chi connectivity index (χ3v) is 6.03. The molecule has 0 atom stereocenters. The zero-order valence-corrected chi connectivity index (χ0v) is 22.4. The van der Waals surface area contributed by atoms with Crippen LogP contribution in [0.1, 0.15) is 5.56 Å². The van der Waals surface area contributed by atoms with E-state index in [2.05, 4.69) is 45.3 Å². The maximum atomic E-state index is 6.28. The molecule has 0 unspecified atom stereocenters. The second-order valence-corrected chi connectivity index (χ2v) is 8.45. The molecule has 4 heterocycles. The van der Waals surface area contributed by atoms with Crippen molar-refractivity contribution in [2.45, 2.75) is 6.92 Å². The van der Waals surface area contributed by atoms with E-state index < -0.39 is 0 Å². The van der Waals surface area contributed by atoms with Gasteiger partial charge in [-0.1, -0.05) is 47.3 Å². The Kier molecular flexibility index (Phi) is 7.18. The topological polar surface area (TPSA) is 51.8 Å². The zero-order valence-electron chi connectivity index (χ0n) is 20.0. The van der Waals surface area contributed by atoms with Crippen LogP contribution in [0.3, 0.4) is 0 Å². The van der Waals surface area contributed by atoms with E-state index >= 15 is 0 Å². The fourth-order valence-electron chi connectivity index (χ4n) is 4.25. The van der Waals surface area contributed by atoms with Gasteiger partial charge in [0.2, 0.25) is 0 Å². The van der Waals surface area contributed by atoms with Crippen molar-refractivity contribution in [3.05, 3.63) is 127 Å². The van der Waals surface area contributed by atoms with E-state index in [1.165, 1.54) is 0 Å². The number of hydrogen-bond donors (Lipinski definition) is 0. The van der Waals surface area contributed by atoms with Gasteiger partial charge in [-0.3, -0.25) is 4.98 Å². The molecule has 0 amide bonds. The Hall–Kier alpha value is -4.18. The Morgan fingerprint density at radius 1 is 0.649 bits per heavy atom. The predicted molar refractivity (Wildman–Crippen MR) is 144 cm³/mol. The Labute approximate surface area is 228 Å². The van der Waals surface area contributed by atoms with Gasteiger partial charge in [-0.25, -0.2) is 0 Å². The van der Waals surface area contributed by atoms with Gasteiger partial charge in [0.15, 0.2) is 0 Å². The minimum Gasteiger partial charge on any atom is -0.500 e. The standard InChI is InChI=1S/C21H13N2O.C11H8N.Ir/c1-13-5-8-19(23-11-13)18-4-2-3-16-17-7-6-14-12-22-10-9-15(14)20(17)24-21(16)18;1-2-6-10(7-3-1)11-8-4-5-9-12-11;/h2-3,5-12H,1H3;1-6,8-9H;/q2*-1;. The van der Waals surface area contributed by atoms with Gasteiger partial charge >= 0.3 is 0 Å². The zero-order chi connectivity index (χ0) is 24.3. The molecule has 7 aromatic rings. The maximum absolute atomic E-state index is 6.28. The van der Waals surface area contributed by atoms with Crippen LogP contribution < -0.4 is 0 Å². The van der Waals surface area contributed by atoms with E-state index in [9.17, 15) is 0 Å². The van der Waals surface area contributed by atoms with Crippen molar-refractivity contribution in [3.8, 4) is 22.5 Å². The quantitative estimate of drug-likeness (QED) is 0.178. The van der Waals surface area contributed by atoms with Crippen LogP contribution in [-0.4, -0.2) is 15.0 Å². The van der Waals surface area contributed by atoms with E-state index in [0.29, 0.717) is 0 Å². The molecule has 4 aromatic heterocycles. The molecular formula is C32H21IrN3O-2. The molecule has 0 spiro atoms. The van der Waals surface area contributed by atoms with E-state index in [4.69, 9.17) is 4.42 Å². The molecule has 3 aromatic carbocycles. The van der Waals surface area contributed by atoms with Gasteiger partial charge in [0.25, 0.3) is 0 Å². The van der Waals surface area contributed by atoms with Gasteiger partial charge in [0, 0.05) is 61.1 Å². The fourth-order valence-corrected chi connectivity index (χ4v) is 4.25. The molecule has 0 aliphatic carbocycles. The smallest absolute Gasteiger partial charge is 0.128 e. The second kappa shape index (κ2) is 10.8. The van der Waals surface area contributed by atoms with E-state index in [0.717, 1.165) is 60.8 Å². The molecule has 0 saturated carbocycles. The number of pyridine rings is 3. The molecule has 0 aliphatic rings. The number of aromatic nitrogens is 3. The summed E-state index contributed by atoms with van der Waals surface area (Å²) in [5.74, 6) is 0. The number of nitrogens with zero attached hydrogens (tertiary/aromatic N) is 3. The van der Waals surface area contributed by atoms with Crippen molar-refractivity contribution < 1.29 is 24.5 Å². The Bertz CT molecular complexity index is 1740. The van der Waals surface area contributed by atoms with Crippen molar-refractivity contribution in [1.29, 1.82) is 0 Å². The fraction of sp³-hybridized carbons (Fsp3) is 0.0312. The average molecular weight is 656 g/mol. The number of fused-ring (bicyclic) bond motifs is 5. The average Bonchev–Trinajstić information content (AvgIpc) is 3.34. The summed E-state index contributed by atoms with van der Waals surface area (Å²) in [4.78, 5) is 12.9. The van der Waals surface area contributed by atoms with Crippen molar-refractivity contribution in [1.82, 2.24) is 15.0 Å². The van der Waals surface area contributed by atoms with Gasteiger partial charge in [-0.05, 0) is 36.0 Å². The Balaban J connectivity index is 0.000000183. The summed E-state index contributed by atoms with van der Waals surface area (Å²) in [5.41, 5.74) is 6.62. The molecule has 0 N–H and O–H groups in total. The van der Waals surface area contributed by atoms with Gasteiger partial charge in [-0.2, -0.15) is 0 Å². The molecule has 0 saturated heterocycles. The number of furan rings is 1. The monoisotopic (exact) mass is 656 g/mol. The Morgan fingerprint density at radius 3 is 2.32 bits per heavy atom. The third-order valence-electron chi connectivity index (χ3n) is 6.03. The van der Waals surface area contributed by atoms with Gasteiger partial charge in [-0.15, -0.1) is 54.1 Å². The summed E-state index contributed by atoms with van der Waals surface area (Å²) in [5, 5.41) is 4.33. The Morgan fingerprint density at radius 2 is 1.54 bits per heavy atom. The van der Waals surface area contributed by atoms with E-state index in [-0.39, 0.29) is 20.1 Å². The second-order valence-electron chi connectivity index (χ2n) is 8.45. The van der Waals surface area contributed by atoms with Crippen molar-refractivity contribution in [2.75, 3.05) is 0 Å². The number of aryl methyl sites for hydroxylation is 1. The molecule has 0 fully saturated rings. The van der Waals surface area contributed by atoms with Crippen molar-refractivity contribution >= 4 is 32.7 Å². The van der Waals surface area contributed by atoms with Crippen LogP contribution in [0.15, 0.2) is 114 Å². The minimum atomic E-state index is 0. The SMILES string of the molecule is Cc1ccc(-c2[c-]ccc3c2oc2c4ccncc4ccc32)nc1.[Ir].[c-]1ccccc1-c1ccccn1. The number of benzene rings is 3.